The molecule has 0 spiro atoms. The van der Waals surface area contributed by atoms with Gasteiger partial charge in [-0.3, -0.25) is 14.6 Å². The average molecular weight is 248 g/mol. The molecule has 1 aliphatic rings. The van der Waals surface area contributed by atoms with Gasteiger partial charge in [0.25, 0.3) is 5.91 Å². The molecule has 0 aromatic carbocycles. The van der Waals surface area contributed by atoms with Crippen LogP contribution >= 0.6 is 0 Å². The first-order chi connectivity index (χ1) is 8.58. The molecule has 1 aromatic rings. The van der Waals surface area contributed by atoms with Crippen LogP contribution in [0.3, 0.4) is 0 Å². The summed E-state index contributed by atoms with van der Waals surface area (Å²) in [6.45, 7) is 1.83. The van der Waals surface area contributed by atoms with Crippen molar-refractivity contribution in [1.82, 2.24) is 10.3 Å². The van der Waals surface area contributed by atoms with E-state index in [4.69, 9.17) is 5.11 Å². The number of hydrogen-bond donors (Lipinski definition) is 2. The number of pyridine rings is 1. The molecule has 1 heterocycles. The van der Waals surface area contributed by atoms with E-state index in [1.54, 1.807) is 12.3 Å². The highest BCUT2D eigenvalue weighted by Crippen LogP contribution is 2.25. The van der Waals surface area contributed by atoms with Gasteiger partial charge in [-0.25, -0.2) is 0 Å². The maximum atomic E-state index is 12.0. The quantitative estimate of drug-likeness (QED) is 0.846. The largest absolute Gasteiger partial charge is 0.481 e. The van der Waals surface area contributed by atoms with Gasteiger partial charge in [0, 0.05) is 12.2 Å². The van der Waals surface area contributed by atoms with Gasteiger partial charge in [0.2, 0.25) is 0 Å². The standard InChI is InChI=1S/C13H16N2O3/c1-8-3-2-6-14-11(8)12(16)15-10-5-4-9(7-10)13(17)18/h2-3,6,9-10H,4-5,7H2,1H3,(H,15,16)(H,17,18)/t9-,10+/m0/s1. The molecule has 0 radical (unpaired) electrons. The van der Waals surface area contributed by atoms with Crippen molar-refractivity contribution >= 4 is 11.9 Å². The Kier molecular flexibility index (Phi) is 3.60. The summed E-state index contributed by atoms with van der Waals surface area (Å²) in [6.07, 6.45) is 3.43. The highest BCUT2D eigenvalue weighted by Gasteiger charge is 2.30. The van der Waals surface area contributed by atoms with Gasteiger partial charge in [-0.2, -0.15) is 0 Å². The Morgan fingerprint density at radius 3 is 2.83 bits per heavy atom. The molecule has 96 valence electrons. The number of aromatic nitrogens is 1. The lowest BCUT2D eigenvalue weighted by molar-refractivity contribution is -0.141. The first-order valence-electron chi connectivity index (χ1n) is 6.03. The second-order valence-electron chi connectivity index (χ2n) is 4.69. The Bertz CT molecular complexity index is 473. The van der Waals surface area contributed by atoms with E-state index in [2.05, 4.69) is 10.3 Å². The molecule has 18 heavy (non-hydrogen) atoms. The van der Waals surface area contributed by atoms with E-state index < -0.39 is 5.97 Å². The predicted octanol–water partition coefficient (Wildman–Crippen LogP) is 1.37. The Balaban J connectivity index is 1.97. The molecule has 1 aromatic heterocycles. The number of carboxylic acid groups (broad SMARTS) is 1. The van der Waals surface area contributed by atoms with Crippen LogP contribution in [0.4, 0.5) is 0 Å². The molecule has 1 amide bonds. The third kappa shape index (κ3) is 2.67. The molecule has 1 aliphatic carbocycles. The van der Waals surface area contributed by atoms with Crippen molar-refractivity contribution in [2.45, 2.75) is 32.2 Å². The minimum absolute atomic E-state index is 0.0555. The van der Waals surface area contributed by atoms with Gasteiger partial charge in [0.05, 0.1) is 5.92 Å². The average Bonchev–Trinajstić information content (AvgIpc) is 2.78. The number of hydrogen-bond acceptors (Lipinski definition) is 3. The van der Waals surface area contributed by atoms with Gasteiger partial charge in [0.15, 0.2) is 0 Å². The summed E-state index contributed by atoms with van der Waals surface area (Å²) in [5, 5.41) is 11.8. The van der Waals surface area contributed by atoms with E-state index in [1.165, 1.54) is 0 Å². The third-order valence-electron chi connectivity index (χ3n) is 3.34. The first-order valence-corrected chi connectivity index (χ1v) is 6.03. The molecule has 0 aliphatic heterocycles. The fourth-order valence-electron chi connectivity index (χ4n) is 2.31. The highest BCUT2D eigenvalue weighted by molar-refractivity contribution is 5.93. The normalized spacial score (nSPS) is 22.7. The molecule has 1 saturated carbocycles. The van der Waals surface area contributed by atoms with Crippen LogP contribution in [0.5, 0.6) is 0 Å². The van der Waals surface area contributed by atoms with E-state index >= 15 is 0 Å². The lowest BCUT2D eigenvalue weighted by Crippen LogP contribution is -2.34. The highest BCUT2D eigenvalue weighted by atomic mass is 16.4. The summed E-state index contributed by atoms with van der Waals surface area (Å²) in [5.41, 5.74) is 1.24. The maximum Gasteiger partial charge on any atom is 0.306 e. The van der Waals surface area contributed by atoms with E-state index in [1.807, 2.05) is 13.0 Å². The van der Waals surface area contributed by atoms with Crippen molar-refractivity contribution in [2.24, 2.45) is 5.92 Å². The molecule has 2 rings (SSSR count). The summed E-state index contributed by atoms with van der Waals surface area (Å²) in [5.74, 6) is -1.33. The minimum atomic E-state index is -0.777. The molecule has 2 N–H and O–H groups in total. The zero-order valence-electron chi connectivity index (χ0n) is 10.2. The Labute approximate surface area is 105 Å². The van der Waals surface area contributed by atoms with E-state index in [0.717, 1.165) is 5.56 Å². The number of carboxylic acids is 1. The number of carbonyl (C=O) groups is 2. The van der Waals surface area contributed by atoms with Crippen molar-refractivity contribution in [2.75, 3.05) is 0 Å². The fourth-order valence-corrected chi connectivity index (χ4v) is 2.31. The lowest BCUT2D eigenvalue weighted by atomic mass is 10.1. The summed E-state index contributed by atoms with van der Waals surface area (Å²) in [7, 11) is 0. The van der Waals surface area contributed by atoms with E-state index in [0.29, 0.717) is 25.0 Å². The summed E-state index contributed by atoms with van der Waals surface area (Å²) in [6, 6.07) is 3.55. The topological polar surface area (TPSA) is 79.3 Å². The van der Waals surface area contributed by atoms with Crippen LogP contribution in [-0.2, 0) is 4.79 Å². The van der Waals surface area contributed by atoms with Crippen LogP contribution in [0, 0.1) is 12.8 Å². The predicted molar refractivity (Wildman–Crippen MR) is 65.2 cm³/mol. The SMILES string of the molecule is Cc1cccnc1C(=O)N[C@@H]1CC[C@H](C(=O)O)C1. The van der Waals surface area contributed by atoms with Gasteiger partial charge in [0.1, 0.15) is 5.69 Å². The van der Waals surface area contributed by atoms with Crippen LogP contribution in [0.1, 0.15) is 35.3 Å². The summed E-state index contributed by atoms with van der Waals surface area (Å²) >= 11 is 0. The molecule has 5 heteroatoms. The molecule has 1 fully saturated rings. The number of rotatable bonds is 3. The van der Waals surface area contributed by atoms with Gasteiger partial charge >= 0.3 is 5.97 Å². The second-order valence-corrected chi connectivity index (χ2v) is 4.69. The van der Waals surface area contributed by atoms with Crippen molar-refractivity contribution < 1.29 is 14.7 Å². The number of amides is 1. The minimum Gasteiger partial charge on any atom is -0.481 e. The van der Waals surface area contributed by atoms with Crippen molar-refractivity contribution in [1.29, 1.82) is 0 Å². The van der Waals surface area contributed by atoms with Crippen LogP contribution in [0.15, 0.2) is 18.3 Å². The second kappa shape index (κ2) is 5.16. The molecule has 0 saturated heterocycles. The Hall–Kier alpha value is -1.91. The van der Waals surface area contributed by atoms with Gasteiger partial charge in [-0.15, -0.1) is 0 Å². The third-order valence-corrected chi connectivity index (χ3v) is 3.34. The number of nitrogens with zero attached hydrogens (tertiary/aromatic N) is 1. The van der Waals surface area contributed by atoms with Crippen LogP contribution in [0.2, 0.25) is 0 Å². The van der Waals surface area contributed by atoms with Crippen LogP contribution in [-0.4, -0.2) is 28.0 Å². The van der Waals surface area contributed by atoms with Gasteiger partial charge in [-0.05, 0) is 37.8 Å². The first kappa shape index (κ1) is 12.5. The smallest absolute Gasteiger partial charge is 0.306 e. The number of nitrogens with one attached hydrogen (secondary N) is 1. The monoisotopic (exact) mass is 248 g/mol. The number of aliphatic carboxylic acids is 1. The number of carbonyl (C=O) groups excluding carboxylic acids is 1. The maximum absolute atomic E-state index is 12.0. The van der Waals surface area contributed by atoms with E-state index in [9.17, 15) is 9.59 Å². The molecular formula is C13H16N2O3. The lowest BCUT2D eigenvalue weighted by Gasteiger charge is -2.12. The van der Waals surface area contributed by atoms with E-state index in [-0.39, 0.29) is 17.9 Å². The van der Waals surface area contributed by atoms with Gasteiger partial charge in [-0.1, -0.05) is 6.07 Å². The zero-order valence-corrected chi connectivity index (χ0v) is 10.2. The Morgan fingerprint density at radius 1 is 1.44 bits per heavy atom. The van der Waals surface area contributed by atoms with Crippen molar-refractivity contribution in [3.8, 4) is 0 Å². The fraction of sp³-hybridized carbons (Fsp3) is 0.462. The molecule has 0 bridgehead atoms. The molecule has 2 atom stereocenters. The van der Waals surface area contributed by atoms with Crippen LogP contribution in [0.25, 0.3) is 0 Å². The summed E-state index contributed by atoms with van der Waals surface area (Å²) in [4.78, 5) is 26.9. The van der Waals surface area contributed by atoms with Crippen molar-refractivity contribution in [3.05, 3.63) is 29.6 Å². The summed E-state index contributed by atoms with van der Waals surface area (Å²) < 4.78 is 0. The van der Waals surface area contributed by atoms with Crippen LogP contribution < -0.4 is 5.32 Å². The Morgan fingerprint density at radius 2 is 2.22 bits per heavy atom. The zero-order chi connectivity index (χ0) is 13.1. The van der Waals surface area contributed by atoms with Gasteiger partial charge < -0.3 is 10.4 Å². The van der Waals surface area contributed by atoms with Crippen molar-refractivity contribution in [3.63, 3.8) is 0 Å². The molecular weight excluding hydrogens is 232 g/mol. The number of aryl methyl sites for hydroxylation is 1. The molecule has 0 unspecified atom stereocenters. The molecule has 5 nitrogen and oxygen atoms in total.